The molecular weight excluding hydrogens is 298 g/mol. The van der Waals surface area contributed by atoms with E-state index in [1.165, 1.54) is 29.5 Å². The lowest BCUT2D eigenvalue weighted by Crippen LogP contribution is -2.31. The van der Waals surface area contributed by atoms with Crippen LogP contribution in [0.5, 0.6) is 5.75 Å². The number of aryl methyl sites for hydroxylation is 2. The molecule has 0 radical (unpaired) electrons. The third-order valence-corrected chi connectivity index (χ3v) is 4.67. The zero-order valence-electron chi connectivity index (χ0n) is 14.5. The lowest BCUT2D eigenvalue weighted by Gasteiger charge is -2.20. The van der Waals surface area contributed by atoms with Crippen LogP contribution in [0.4, 0.5) is 0 Å². The maximum absolute atomic E-state index is 12.2. The van der Waals surface area contributed by atoms with Crippen molar-refractivity contribution in [2.45, 2.75) is 45.6 Å². The Bertz CT molecular complexity index is 706. The maximum atomic E-state index is 12.2. The van der Waals surface area contributed by atoms with Crippen LogP contribution in [0, 0.1) is 6.92 Å². The first-order valence-corrected chi connectivity index (χ1v) is 8.73. The Morgan fingerprint density at radius 1 is 1.12 bits per heavy atom. The lowest BCUT2D eigenvalue weighted by atomic mass is 9.91. The Morgan fingerprint density at radius 3 is 2.67 bits per heavy atom. The van der Waals surface area contributed by atoms with Crippen LogP contribution in [-0.4, -0.2) is 12.5 Å². The van der Waals surface area contributed by atoms with Gasteiger partial charge in [0.15, 0.2) is 6.61 Å². The molecule has 0 aliphatic heterocycles. The number of hydrogen-bond donors (Lipinski definition) is 1. The summed E-state index contributed by atoms with van der Waals surface area (Å²) in [7, 11) is 0. The van der Waals surface area contributed by atoms with Crippen LogP contribution in [0.2, 0.25) is 0 Å². The number of carbonyl (C=O) groups excluding carboxylic acids is 1. The van der Waals surface area contributed by atoms with Crippen LogP contribution in [0.25, 0.3) is 0 Å². The summed E-state index contributed by atoms with van der Waals surface area (Å²) in [6, 6.07) is 14.4. The van der Waals surface area contributed by atoms with Gasteiger partial charge in [-0.05, 0) is 62.3 Å². The number of amides is 1. The van der Waals surface area contributed by atoms with Crippen molar-refractivity contribution in [3.05, 3.63) is 64.7 Å². The van der Waals surface area contributed by atoms with Gasteiger partial charge in [0.25, 0.3) is 5.91 Å². The highest BCUT2D eigenvalue weighted by Gasteiger charge is 2.15. The standard InChI is InChI=1S/C21H25NO2/c1-15-10-12-17(13-11-15)16(2)22-21(23)14-24-20-9-5-7-18-6-3-4-8-19(18)20/h5,7,9-13,16H,3-4,6,8,14H2,1-2H3,(H,22,23). The van der Waals surface area contributed by atoms with E-state index in [0.29, 0.717) is 0 Å². The Kier molecular flexibility index (Phi) is 5.19. The number of carbonyl (C=O) groups is 1. The summed E-state index contributed by atoms with van der Waals surface area (Å²) in [5, 5.41) is 3.00. The van der Waals surface area contributed by atoms with Gasteiger partial charge in [0, 0.05) is 0 Å². The molecule has 1 unspecified atom stereocenters. The predicted molar refractivity (Wildman–Crippen MR) is 96.3 cm³/mol. The van der Waals surface area contributed by atoms with Gasteiger partial charge in [-0.15, -0.1) is 0 Å². The molecule has 3 nitrogen and oxygen atoms in total. The minimum atomic E-state index is -0.0866. The van der Waals surface area contributed by atoms with Crippen molar-refractivity contribution < 1.29 is 9.53 Å². The van der Waals surface area contributed by atoms with Crippen molar-refractivity contribution >= 4 is 5.91 Å². The van der Waals surface area contributed by atoms with Gasteiger partial charge >= 0.3 is 0 Å². The van der Waals surface area contributed by atoms with Crippen molar-refractivity contribution in [2.24, 2.45) is 0 Å². The first-order valence-electron chi connectivity index (χ1n) is 8.73. The Labute approximate surface area is 144 Å². The fourth-order valence-electron chi connectivity index (χ4n) is 3.25. The van der Waals surface area contributed by atoms with Crippen molar-refractivity contribution in [3.8, 4) is 5.75 Å². The van der Waals surface area contributed by atoms with Gasteiger partial charge in [-0.2, -0.15) is 0 Å². The molecule has 126 valence electrons. The zero-order chi connectivity index (χ0) is 16.9. The van der Waals surface area contributed by atoms with Crippen molar-refractivity contribution in [1.82, 2.24) is 5.32 Å². The molecule has 0 fully saturated rings. The van der Waals surface area contributed by atoms with Crippen LogP contribution < -0.4 is 10.1 Å². The summed E-state index contributed by atoms with van der Waals surface area (Å²) in [6.07, 6.45) is 4.60. The molecule has 1 aliphatic carbocycles. The van der Waals surface area contributed by atoms with E-state index in [1.54, 1.807) is 0 Å². The minimum absolute atomic E-state index is 0.0219. The number of benzene rings is 2. The summed E-state index contributed by atoms with van der Waals surface area (Å²) < 4.78 is 5.81. The summed E-state index contributed by atoms with van der Waals surface area (Å²) in [6.45, 7) is 4.11. The van der Waals surface area contributed by atoms with Crippen LogP contribution in [-0.2, 0) is 17.6 Å². The molecule has 2 aromatic rings. The molecule has 2 aromatic carbocycles. The summed E-state index contributed by atoms with van der Waals surface area (Å²) in [5.74, 6) is 0.779. The number of rotatable bonds is 5. The van der Waals surface area contributed by atoms with E-state index >= 15 is 0 Å². The fraction of sp³-hybridized carbons (Fsp3) is 0.381. The monoisotopic (exact) mass is 323 g/mol. The minimum Gasteiger partial charge on any atom is -0.483 e. The van der Waals surface area contributed by atoms with E-state index in [0.717, 1.165) is 24.2 Å². The van der Waals surface area contributed by atoms with Crippen molar-refractivity contribution in [3.63, 3.8) is 0 Å². The van der Waals surface area contributed by atoms with E-state index in [9.17, 15) is 4.79 Å². The topological polar surface area (TPSA) is 38.3 Å². The maximum Gasteiger partial charge on any atom is 0.258 e. The highest BCUT2D eigenvalue weighted by molar-refractivity contribution is 5.78. The van der Waals surface area contributed by atoms with Gasteiger partial charge in [-0.25, -0.2) is 0 Å². The Hall–Kier alpha value is -2.29. The van der Waals surface area contributed by atoms with E-state index in [4.69, 9.17) is 4.74 Å². The molecule has 1 N–H and O–H groups in total. The number of hydrogen-bond acceptors (Lipinski definition) is 2. The van der Waals surface area contributed by atoms with Gasteiger partial charge in [-0.1, -0.05) is 42.0 Å². The fourth-order valence-corrected chi connectivity index (χ4v) is 3.25. The third-order valence-electron chi connectivity index (χ3n) is 4.67. The SMILES string of the molecule is Cc1ccc(C(C)NC(=O)COc2cccc3c2CCCC3)cc1. The molecule has 1 atom stereocenters. The largest absolute Gasteiger partial charge is 0.483 e. The van der Waals surface area contributed by atoms with Gasteiger partial charge < -0.3 is 10.1 Å². The average Bonchev–Trinajstić information content (AvgIpc) is 2.60. The molecule has 0 heterocycles. The molecule has 1 aliphatic rings. The molecule has 0 aromatic heterocycles. The average molecular weight is 323 g/mol. The van der Waals surface area contributed by atoms with Crippen LogP contribution in [0.1, 0.15) is 48.1 Å². The second-order valence-electron chi connectivity index (χ2n) is 6.59. The van der Waals surface area contributed by atoms with Crippen molar-refractivity contribution in [1.29, 1.82) is 0 Å². The zero-order valence-corrected chi connectivity index (χ0v) is 14.5. The van der Waals surface area contributed by atoms with E-state index in [-0.39, 0.29) is 18.6 Å². The van der Waals surface area contributed by atoms with Crippen molar-refractivity contribution in [2.75, 3.05) is 6.61 Å². The highest BCUT2D eigenvalue weighted by atomic mass is 16.5. The van der Waals surface area contributed by atoms with Crippen LogP contribution in [0.3, 0.4) is 0 Å². The molecule has 24 heavy (non-hydrogen) atoms. The molecule has 3 heteroatoms. The number of fused-ring (bicyclic) bond motifs is 1. The first kappa shape index (κ1) is 16.6. The number of nitrogens with one attached hydrogen (secondary N) is 1. The molecular formula is C21H25NO2. The van der Waals surface area contributed by atoms with Gasteiger partial charge in [0.05, 0.1) is 6.04 Å². The van der Waals surface area contributed by atoms with E-state index < -0.39 is 0 Å². The van der Waals surface area contributed by atoms with E-state index in [1.807, 2.05) is 19.1 Å². The van der Waals surface area contributed by atoms with Gasteiger partial charge in [-0.3, -0.25) is 4.79 Å². The molecule has 1 amide bonds. The van der Waals surface area contributed by atoms with Gasteiger partial charge in [0.1, 0.15) is 5.75 Å². The number of ether oxygens (including phenoxy) is 1. The second-order valence-corrected chi connectivity index (χ2v) is 6.59. The summed E-state index contributed by atoms with van der Waals surface area (Å²) in [4.78, 5) is 12.2. The van der Waals surface area contributed by atoms with Gasteiger partial charge in [0.2, 0.25) is 0 Å². The quantitative estimate of drug-likeness (QED) is 0.898. The Morgan fingerprint density at radius 2 is 1.88 bits per heavy atom. The van der Waals surface area contributed by atoms with E-state index in [2.05, 4.69) is 42.6 Å². The predicted octanol–water partition coefficient (Wildman–Crippen LogP) is 4.13. The molecule has 0 saturated heterocycles. The normalized spacial score (nSPS) is 14.6. The Balaban J connectivity index is 1.57. The molecule has 0 saturated carbocycles. The van der Waals surface area contributed by atoms with Crippen LogP contribution in [0.15, 0.2) is 42.5 Å². The molecule has 3 rings (SSSR count). The summed E-state index contributed by atoms with van der Waals surface area (Å²) in [5.41, 5.74) is 4.97. The second kappa shape index (κ2) is 7.52. The summed E-state index contributed by atoms with van der Waals surface area (Å²) >= 11 is 0. The van der Waals surface area contributed by atoms with Crippen LogP contribution >= 0.6 is 0 Å². The highest BCUT2D eigenvalue weighted by Crippen LogP contribution is 2.29. The molecule has 0 spiro atoms. The lowest BCUT2D eigenvalue weighted by molar-refractivity contribution is -0.123. The first-order chi connectivity index (χ1) is 11.6. The smallest absolute Gasteiger partial charge is 0.258 e. The molecule has 0 bridgehead atoms. The third kappa shape index (κ3) is 3.97.